The summed E-state index contributed by atoms with van der Waals surface area (Å²) in [6.07, 6.45) is 2.83. The van der Waals surface area contributed by atoms with Crippen LogP contribution in [-0.4, -0.2) is 17.9 Å². The molecule has 0 atom stereocenters. The lowest BCUT2D eigenvalue weighted by molar-refractivity contribution is -0.385. The molecule has 0 aliphatic heterocycles. The minimum atomic E-state index is -0.513. The maximum atomic E-state index is 10.8. The van der Waals surface area contributed by atoms with E-state index < -0.39 is 4.92 Å². The zero-order valence-electron chi connectivity index (χ0n) is 9.47. The highest BCUT2D eigenvalue weighted by atomic mass is 16.6. The predicted octanol–water partition coefficient (Wildman–Crippen LogP) is 2.17. The first-order valence-corrected chi connectivity index (χ1v) is 4.80. The van der Waals surface area contributed by atoms with Gasteiger partial charge in [0, 0.05) is 18.7 Å². The van der Waals surface area contributed by atoms with Crippen LogP contribution in [0.15, 0.2) is 24.5 Å². The van der Waals surface area contributed by atoms with Gasteiger partial charge in [-0.05, 0) is 18.2 Å². The van der Waals surface area contributed by atoms with Crippen LogP contribution in [0.25, 0.3) is 6.08 Å². The Labute approximate surface area is 98.0 Å². The summed E-state index contributed by atoms with van der Waals surface area (Å²) in [5.41, 5.74) is 0.703. The van der Waals surface area contributed by atoms with Crippen LogP contribution in [0.4, 0.5) is 11.4 Å². The summed E-state index contributed by atoms with van der Waals surface area (Å²) >= 11 is 0. The molecule has 1 N–H and O–H groups in total. The Balaban J connectivity index is 3.12. The molecule has 0 aliphatic rings. The molecule has 0 aliphatic carbocycles. The van der Waals surface area contributed by atoms with Crippen molar-refractivity contribution in [3.05, 3.63) is 40.1 Å². The van der Waals surface area contributed by atoms with Crippen LogP contribution in [0.1, 0.15) is 12.5 Å². The molecule has 0 unspecified atom stereocenters. The van der Waals surface area contributed by atoms with Crippen molar-refractivity contribution in [2.24, 2.45) is 0 Å². The summed E-state index contributed by atoms with van der Waals surface area (Å²) in [6, 6.07) is 4.43. The average Bonchev–Trinajstić information content (AvgIpc) is 2.26. The number of rotatable bonds is 4. The van der Waals surface area contributed by atoms with Gasteiger partial charge in [-0.2, -0.15) is 0 Å². The largest absolute Gasteiger partial charge is 0.504 e. The number of nitro benzene ring substituents is 1. The molecule has 90 valence electrons. The maximum absolute atomic E-state index is 10.8. The highest BCUT2D eigenvalue weighted by molar-refractivity contribution is 5.89. The van der Waals surface area contributed by atoms with E-state index in [9.17, 15) is 14.9 Å². The molecule has 17 heavy (non-hydrogen) atoms. The lowest BCUT2D eigenvalue weighted by atomic mass is 10.1. The van der Waals surface area contributed by atoms with Gasteiger partial charge in [0.05, 0.1) is 23.9 Å². The summed E-state index contributed by atoms with van der Waals surface area (Å²) in [5.74, 6) is -0.278. The highest BCUT2D eigenvalue weighted by Gasteiger charge is 2.12. The molecule has 0 heterocycles. The molecule has 0 fully saturated rings. The van der Waals surface area contributed by atoms with E-state index in [4.69, 9.17) is 4.74 Å². The Hall–Kier alpha value is -2.37. The van der Waals surface area contributed by atoms with Crippen LogP contribution in [0, 0.1) is 10.1 Å². The van der Waals surface area contributed by atoms with Gasteiger partial charge in [0.2, 0.25) is 5.91 Å². The summed E-state index contributed by atoms with van der Waals surface area (Å²) in [4.78, 5) is 21.2. The van der Waals surface area contributed by atoms with Crippen LogP contribution < -0.4 is 5.32 Å². The summed E-state index contributed by atoms with van der Waals surface area (Å²) in [6.45, 7) is 1.34. The monoisotopic (exact) mass is 236 g/mol. The number of nitrogens with one attached hydrogen (secondary N) is 1. The Morgan fingerprint density at radius 2 is 2.24 bits per heavy atom. The third-order valence-electron chi connectivity index (χ3n) is 1.93. The standard InChI is InChI=1S/C11H12N2O4/c1-8(14)12-10-4-3-9(5-6-17-2)11(7-10)13(15)16/h3-7H,1-2H3,(H,12,14). The molecule has 0 aromatic heterocycles. The first-order valence-electron chi connectivity index (χ1n) is 4.80. The molecule has 0 saturated heterocycles. The van der Waals surface area contributed by atoms with Crippen molar-refractivity contribution >= 4 is 23.4 Å². The van der Waals surface area contributed by atoms with Crippen molar-refractivity contribution in [2.45, 2.75) is 6.92 Å². The lowest BCUT2D eigenvalue weighted by Gasteiger charge is -2.03. The molecule has 1 amide bonds. The summed E-state index contributed by atoms with van der Waals surface area (Å²) < 4.78 is 4.70. The van der Waals surface area contributed by atoms with Crippen molar-refractivity contribution in [2.75, 3.05) is 12.4 Å². The summed E-state index contributed by atoms with van der Waals surface area (Å²) in [5, 5.41) is 13.3. The van der Waals surface area contributed by atoms with Gasteiger partial charge in [0.25, 0.3) is 5.69 Å². The van der Waals surface area contributed by atoms with Gasteiger partial charge in [-0.1, -0.05) is 0 Å². The van der Waals surface area contributed by atoms with Gasteiger partial charge in [-0.3, -0.25) is 14.9 Å². The highest BCUT2D eigenvalue weighted by Crippen LogP contribution is 2.24. The number of hydrogen-bond acceptors (Lipinski definition) is 4. The van der Waals surface area contributed by atoms with E-state index in [0.29, 0.717) is 11.3 Å². The Morgan fingerprint density at radius 3 is 2.76 bits per heavy atom. The van der Waals surface area contributed by atoms with Crippen molar-refractivity contribution in [1.82, 2.24) is 0 Å². The average molecular weight is 236 g/mol. The van der Waals surface area contributed by atoms with E-state index in [1.54, 1.807) is 12.1 Å². The normalized spacial score (nSPS) is 10.2. The van der Waals surface area contributed by atoms with Crippen molar-refractivity contribution in [3.63, 3.8) is 0 Å². The number of amides is 1. The molecule has 0 bridgehead atoms. The molecule has 1 aromatic rings. The number of hydrogen-bond donors (Lipinski definition) is 1. The van der Waals surface area contributed by atoms with Gasteiger partial charge in [-0.25, -0.2) is 0 Å². The van der Waals surface area contributed by atoms with Crippen LogP contribution in [0.3, 0.4) is 0 Å². The molecule has 0 spiro atoms. The Morgan fingerprint density at radius 1 is 1.53 bits per heavy atom. The number of benzene rings is 1. The first-order chi connectivity index (χ1) is 8.04. The molecule has 6 nitrogen and oxygen atoms in total. The fraction of sp³-hybridized carbons (Fsp3) is 0.182. The maximum Gasteiger partial charge on any atom is 0.278 e. The number of nitro groups is 1. The number of methoxy groups -OCH3 is 1. The molecule has 1 rings (SSSR count). The number of anilines is 1. The third-order valence-corrected chi connectivity index (χ3v) is 1.93. The van der Waals surface area contributed by atoms with E-state index in [1.165, 1.54) is 32.4 Å². The minimum absolute atomic E-state index is 0.0930. The van der Waals surface area contributed by atoms with Crippen LogP contribution in [0.2, 0.25) is 0 Å². The minimum Gasteiger partial charge on any atom is -0.504 e. The van der Waals surface area contributed by atoms with Crippen LogP contribution >= 0.6 is 0 Å². The van der Waals surface area contributed by atoms with Crippen molar-refractivity contribution < 1.29 is 14.5 Å². The molecule has 1 aromatic carbocycles. The van der Waals surface area contributed by atoms with Gasteiger partial charge in [-0.15, -0.1) is 0 Å². The number of ether oxygens (including phenoxy) is 1. The number of nitrogens with zero attached hydrogens (tertiary/aromatic N) is 1. The number of carbonyl (C=O) groups is 1. The molecule has 6 heteroatoms. The quantitative estimate of drug-likeness (QED) is 0.493. The van der Waals surface area contributed by atoms with Crippen molar-refractivity contribution in [1.29, 1.82) is 0 Å². The molecular weight excluding hydrogens is 224 g/mol. The summed E-state index contributed by atoms with van der Waals surface area (Å²) in [7, 11) is 1.45. The Kier molecular flexibility index (Phi) is 4.21. The first kappa shape index (κ1) is 12.7. The van der Waals surface area contributed by atoms with Gasteiger partial charge >= 0.3 is 0 Å². The lowest BCUT2D eigenvalue weighted by Crippen LogP contribution is -2.06. The van der Waals surface area contributed by atoms with Crippen LogP contribution in [0.5, 0.6) is 0 Å². The zero-order chi connectivity index (χ0) is 12.8. The topological polar surface area (TPSA) is 81.5 Å². The van der Waals surface area contributed by atoms with E-state index in [1.807, 2.05) is 0 Å². The fourth-order valence-electron chi connectivity index (χ4n) is 1.27. The molecule has 0 radical (unpaired) electrons. The van der Waals surface area contributed by atoms with Gasteiger partial charge < -0.3 is 10.1 Å². The van der Waals surface area contributed by atoms with Gasteiger partial charge in [0.15, 0.2) is 0 Å². The SMILES string of the molecule is COC=Cc1ccc(NC(C)=O)cc1[N+](=O)[O-]. The van der Waals surface area contributed by atoms with E-state index in [-0.39, 0.29) is 11.6 Å². The number of carbonyl (C=O) groups excluding carboxylic acids is 1. The second kappa shape index (κ2) is 5.64. The zero-order valence-corrected chi connectivity index (χ0v) is 9.47. The van der Waals surface area contributed by atoms with Crippen molar-refractivity contribution in [3.8, 4) is 0 Å². The van der Waals surface area contributed by atoms with Gasteiger partial charge in [0.1, 0.15) is 0 Å². The van der Waals surface area contributed by atoms with E-state index in [2.05, 4.69) is 5.32 Å². The predicted molar refractivity (Wildman–Crippen MR) is 63.4 cm³/mol. The second-order valence-corrected chi connectivity index (χ2v) is 3.25. The fourth-order valence-corrected chi connectivity index (χ4v) is 1.27. The molecular formula is C11H12N2O4. The second-order valence-electron chi connectivity index (χ2n) is 3.25. The van der Waals surface area contributed by atoms with Crippen LogP contribution in [-0.2, 0) is 9.53 Å². The van der Waals surface area contributed by atoms with E-state index >= 15 is 0 Å². The molecule has 0 saturated carbocycles. The third kappa shape index (κ3) is 3.60. The Bertz CT molecular complexity index is 469. The van der Waals surface area contributed by atoms with E-state index in [0.717, 1.165) is 0 Å². The smallest absolute Gasteiger partial charge is 0.278 e.